The average molecular weight is 239 g/mol. The molecule has 3 unspecified atom stereocenters. The minimum Gasteiger partial charge on any atom is -0.322 e. The van der Waals surface area contributed by atoms with E-state index in [0.29, 0.717) is 24.0 Å². The van der Waals surface area contributed by atoms with Gasteiger partial charge in [-0.05, 0) is 37.5 Å². The molecular weight excluding hydrogens is 214 g/mol. The van der Waals surface area contributed by atoms with E-state index in [2.05, 4.69) is 13.8 Å². The average Bonchev–Trinajstić information content (AvgIpc) is 2.35. The number of ketones is 1. The Morgan fingerprint density at radius 2 is 2.24 bits per heavy atom. The molecular formula is C14H25NO2. The molecule has 0 aliphatic heterocycles. The Morgan fingerprint density at radius 3 is 2.82 bits per heavy atom. The largest absolute Gasteiger partial charge is 0.322 e. The third-order valence-corrected chi connectivity index (χ3v) is 4.18. The van der Waals surface area contributed by atoms with Gasteiger partial charge in [-0.3, -0.25) is 4.79 Å². The van der Waals surface area contributed by atoms with Gasteiger partial charge in [0.05, 0.1) is 6.04 Å². The molecule has 0 saturated heterocycles. The van der Waals surface area contributed by atoms with Gasteiger partial charge >= 0.3 is 0 Å². The number of carbonyl (C=O) groups excluding carboxylic acids is 2. The summed E-state index contributed by atoms with van der Waals surface area (Å²) in [5, 5.41) is 0. The number of rotatable bonds is 6. The quantitative estimate of drug-likeness (QED) is 0.724. The number of hydrogen-bond acceptors (Lipinski definition) is 3. The summed E-state index contributed by atoms with van der Waals surface area (Å²) in [5.41, 5.74) is 5.63. The Hall–Kier alpha value is -0.700. The summed E-state index contributed by atoms with van der Waals surface area (Å²) in [5.74, 6) is 1.53. The van der Waals surface area contributed by atoms with Crippen LogP contribution in [0.4, 0.5) is 0 Å². The van der Waals surface area contributed by atoms with Gasteiger partial charge in [0.2, 0.25) is 0 Å². The highest BCUT2D eigenvalue weighted by molar-refractivity contribution is 5.82. The first-order valence-electron chi connectivity index (χ1n) is 6.83. The monoisotopic (exact) mass is 239 g/mol. The van der Waals surface area contributed by atoms with Gasteiger partial charge in [0, 0.05) is 12.3 Å². The van der Waals surface area contributed by atoms with Crippen LogP contribution in [0.1, 0.15) is 52.4 Å². The predicted molar refractivity (Wildman–Crippen MR) is 68.6 cm³/mol. The third-order valence-electron chi connectivity index (χ3n) is 4.18. The second-order valence-corrected chi connectivity index (χ2v) is 5.41. The van der Waals surface area contributed by atoms with Gasteiger partial charge in [-0.25, -0.2) is 0 Å². The molecule has 1 aliphatic rings. The zero-order valence-electron chi connectivity index (χ0n) is 11.0. The molecule has 1 rings (SSSR count). The second-order valence-electron chi connectivity index (χ2n) is 5.41. The lowest BCUT2D eigenvalue weighted by Gasteiger charge is -2.34. The molecule has 1 fully saturated rings. The molecule has 0 aromatic carbocycles. The van der Waals surface area contributed by atoms with E-state index in [0.717, 1.165) is 38.4 Å². The molecule has 0 heterocycles. The molecule has 0 spiro atoms. The summed E-state index contributed by atoms with van der Waals surface area (Å²) < 4.78 is 0. The molecule has 3 heteroatoms. The van der Waals surface area contributed by atoms with Crippen LogP contribution in [-0.4, -0.2) is 18.1 Å². The van der Waals surface area contributed by atoms with Gasteiger partial charge in [-0.15, -0.1) is 0 Å². The van der Waals surface area contributed by atoms with Crippen LogP contribution in [0.5, 0.6) is 0 Å². The molecule has 3 nitrogen and oxygen atoms in total. The Kier molecular flexibility index (Phi) is 5.83. The van der Waals surface area contributed by atoms with Crippen molar-refractivity contribution in [3.8, 4) is 0 Å². The standard InChI is InChI=1S/C14H25NO2/c1-3-10(2)14-11(5-4-6-13(14)17)7-8-12(15)9-16/h9-12,14H,3-8,15H2,1-2H3/t10-,11?,12?,14?/m0/s1. The van der Waals surface area contributed by atoms with Crippen LogP contribution in [0.15, 0.2) is 0 Å². The van der Waals surface area contributed by atoms with Crippen molar-refractivity contribution in [2.45, 2.75) is 58.4 Å². The molecule has 0 aromatic rings. The van der Waals surface area contributed by atoms with Gasteiger partial charge in [0.25, 0.3) is 0 Å². The van der Waals surface area contributed by atoms with E-state index in [-0.39, 0.29) is 12.0 Å². The summed E-state index contributed by atoms with van der Waals surface area (Å²) in [6.45, 7) is 4.31. The van der Waals surface area contributed by atoms with E-state index >= 15 is 0 Å². The summed E-state index contributed by atoms with van der Waals surface area (Å²) in [6, 6.07) is -0.357. The van der Waals surface area contributed by atoms with E-state index in [1.54, 1.807) is 0 Å². The first kappa shape index (κ1) is 14.4. The Morgan fingerprint density at radius 1 is 1.53 bits per heavy atom. The van der Waals surface area contributed by atoms with E-state index in [1.165, 1.54) is 0 Å². The fraction of sp³-hybridized carbons (Fsp3) is 0.857. The van der Waals surface area contributed by atoms with Crippen LogP contribution < -0.4 is 5.73 Å². The molecule has 0 bridgehead atoms. The van der Waals surface area contributed by atoms with E-state index in [4.69, 9.17) is 5.73 Å². The highest BCUT2D eigenvalue weighted by atomic mass is 16.1. The van der Waals surface area contributed by atoms with E-state index in [1.807, 2.05) is 0 Å². The molecule has 1 saturated carbocycles. The SMILES string of the molecule is CC[C@H](C)C1C(=O)CCCC1CCC(N)C=O. The molecule has 0 radical (unpaired) electrons. The lowest BCUT2D eigenvalue weighted by atomic mass is 9.69. The zero-order valence-corrected chi connectivity index (χ0v) is 11.0. The number of carbonyl (C=O) groups is 2. The first-order valence-corrected chi connectivity index (χ1v) is 6.83. The summed E-state index contributed by atoms with van der Waals surface area (Å²) >= 11 is 0. The Balaban J connectivity index is 2.59. The lowest BCUT2D eigenvalue weighted by Crippen LogP contribution is -2.34. The Bertz CT molecular complexity index is 265. The van der Waals surface area contributed by atoms with E-state index < -0.39 is 0 Å². The van der Waals surface area contributed by atoms with Gasteiger partial charge < -0.3 is 10.5 Å². The van der Waals surface area contributed by atoms with Crippen LogP contribution in [-0.2, 0) is 9.59 Å². The molecule has 17 heavy (non-hydrogen) atoms. The van der Waals surface area contributed by atoms with Crippen molar-refractivity contribution in [1.82, 2.24) is 0 Å². The molecule has 0 amide bonds. The maximum atomic E-state index is 12.0. The Labute approximate surface area is 104 Å². The van der Waals surface area contributed by atoms with Gasteiger partial charge in [-0.2, -0.15) is 0 Å². The summed E-state index contributed by atoms with van der Waals surface area (Å²) in [7, 11) is 0. The van der Waals surface area contributed by atoms with Crippen molar-refractivity contribution in [1.29, 1.82) is 0 Å². The smallest absolute Gasteiger partial charge is 0.136 e. The number of aldehydes is 1. The minimum atomic E-state index is -0.357. The van der Waals surface area contributed by atoms with Crippen molar-refractivity contribution in [3.63, 3.8) is 0 Å². The van der Waals surface area contributed by atoms with Crippen LogP contribution in [0.3, 0.4) is 0 Å². The van der Waals surface area contributed by atoms with Gasteiger partial charge in [0.15, 0.2) is 0 Å². The predicted octanol–water partition coefficient (Wildman–Crippen LogP) is 2.32. The minimum absolute atomic E-state index is 0.201. The van der Waals surface area contributed by atoms with Crippen LogP contribution in [0, 0.1) is 17.8 Å². The number of Topliss-reactive ketones (excluding diaryl/α,β-unsaturated/α-hetero) is 1. The van der Waals surface area contributed by atoms with Crippen molar-refractivity contribution < 1.29 is 9.59 Å². The van der Waals surface area contributed by atoms with Crippen LogP contribution in [0.2, 0.25) is 0 Å². The van der Waals surface area contributed by atoms with Crippen molar-refractivity contribution in [2.75, 3.05) is 0 Å². The second kappa shape index (κ2) is 6.90. The summed E-state index contributed by atoms with van der Waals surface area (Å²) in [4.78, 5) is 22.5. The molecule has 0 aromatic heterocycles. The maximum absolute atomic E-state index is 12.0. The first-order chi connectivity index (χ1) is 8.10. The van der Waals surface area contributed by atoms with Gasteiger partial charge in [0.1, 0.15) is 12.1 Å². The molecule has 4 atom stereocenters. The van der Waals surface area contributed by atoms with Crippen LogP contribution >= 0.6 is 0 Å². The van der Waals surface area contributed by atoms with Crippen molar-refractivity contribution >= 4 is 12.1 Å². The maximum Gasteiger partial charge on any atom is 0.136 e. The highest BCUT2D eigenvalue weighted by Crippen LogP contribution is 2.36. The lowest BCUT2D eigenvalue weighted by molar-refractivity contribution is -0.129. The number of hydrogen-bond donors (Lipinski definition) is 1. The normalized spacial score (nSPS) is 28.8. The topological polar surface area (TPSA) is 60.2 Å². The van der Waals surface area contributed by atoms with Crippen molar-refractivity contribution in [3.05, 3.63) is 0 Å². The molecule has 2 N–H and O–H groups in total. The van der Waals surface area contributed by atoms with Gasteiger partial charge in [-0.1, -0.05) is 20.3 Å². The summed E-state index contributed by atoms with van der Waals surface area (Å²) in [6.07, 6.45) is 6.36. The van der Waals surface area contributed by atoms with Crippen LogP contribution in [0.25, 0.3) is 0 Å². The zero-order chi connectivity index (χ0) is 12.8. The molecule has 1 aliphatic carbocycles. The highest BCUT2D eigenvalue weighted by Gasteiger charge is 2.34. The fourth-order valence-corrected chi connectivity index (χ4v) is 2.98. The third kappa shape index (κ3) is 3.91. The number of nitrogens with two attached hydrogens (primary N) is 1. The van der Waals surface area contributed by atoms with E-state index in [9.17, 15) is 9.59 Å². The van der Waals surface area contributed by atoms with Crippen molar-refractivity contribution in [2.24, 2.45) is 23.5 Å². The molecule has 98 valence electrons. The fourth-order valence-electron chi connectivity index (χ4n) is 2.98.